The Hall–Kier alpha value is -0.890. The van der Waals surface area contributed by atoms with Crippen molar-refractivity contribution in [2.45, 2.75) is 12.8 Å². The van der Waals surface area contributed by atoms with Gasteiger partial charge in [-0.25, -0.2) is 0 Å². The molecule has 1 aromatic carbocycles. The van der Waals surface area contributed by atoms with Crippen LogP contribution in [0.25, 0.3) is 0 Å². The molecule has 1 aromatic rings. The number of nitrogens with one attached hydrogen (secondary N) is 1. The molecule has 0 aliphatic heterocycles. The van der Waals surface area contributed by atoms with Gasteiger partial charge in [-0.2, -0.15) is 0 Å². The van der Waals surface area contributed by atoms with Crippen LogP contribution in [0, 0.1) is 0 Å². The molecule has 0 radical (unpaired) electrons. The topological polar surface area (TPSA) is 12.0 Å². The Bertz CT molecular complexity index is 211. The average Bonchev–Trinajstić information content (AvgIpc) is 2.19. The minimum atomic E-state index is -0.224. The molecule has 0 bridgehead atoms. The summed E-state index contributed by atoms with van der Waals surface area (Å²) in [6, 6.07) is 10.3. The number of halogens is 1. The van der Waals surface area contributed by atoms with Crippen LogP contribution in [0.2, 0.25) is 0 Å². The third kappa shape index (κ3) is 4.63. The van der Waals surface area contributed by atoms with Gasteiger partial charge in [-0.15, -0.1) is 0 Å². The molecule has 0 amide bonds. The summed E-state index contributed by atoms with van der Waals surface area (Å²) in [5.74, 6) is 0. The summed E-state index contributed by atoms with van der Waals surface area (Å²) in [5.41, 5.74) is 1.33. The van der Waals surface area contributed by atoms with Gasteiger partial charge < -0.3 is 5.32 Å². The van der Waals surface area contributed by atoms with Crippen molar-refractivity contribution in [3.63, 3.8) is 0 Å². The predicted octanol–water partition coefficient (Wildman–Crippen LogP) is 2.18. The molecule has 0 saturated heterocycles. The Labute approximate surface area is 79.0 Å². The molecule has 0 fully saturated rings. The highest BCUT2D eigenvalue weighted by Gasteiger charge is 1.90. The number of hydrogen-bond acceptors (Lipinski definition) is 1. The van der Waals surface area contributed by atoms with Crippen molar-refractivity contribution in [2.24, 2.45) is 0 Å². The number of alkyl halides is 1. The maximum absolute atomic E-state index is 11.7. The molecule has 1 rings (SSSR count). The Balaban J connectivity index is 2.07. The van der Waals surface area contributed by atoms with Crippen LogP contribution >= 0.6 is 0 Å². The van der Waals surface area contributed by atoms with E-state index in [-0.39, 0.29) is 6.67 Å². The van der Waals surface area contributed by atoms with Gasteiger partial charge in [0.05, 0.1) is 6.67 Å². The van der Waals surface area contributed by atoms with Gasteiger partial charge in [0, 0.05) is 0 Å². The highest BCUT2D eigenvalue weighted by Crippen LogP contribution is 1.97. The molecule has 0 aliphatic carbocycles. The van der Waals surface area contributed by atoms with Crippen molar-refractivity contribution >= 4 is 0 Å². The van der Waals surface area contributed by atoms with Crippen LogP contribution in [0.5, 0.6) is 0 Å². The van der Waals surface area contributed by atoms with Gasteiger partial charge in [-0.3, -0.25) is 4.39 Å². The number of benzene rings is 1. The molecule has 0 saturated carbocycles. The van der Waals surface area contributed by atoms with Gasteiger partial charge in [0.2, 0.25) is 0 Å². The molecule has 13 heavy (non-hydrogen) atoms. The standard InChI is InChI=1S/C11H16FN/c12-8-4-9-13-10-7-11-5-2-1-3-6-11/h1-3,5-6,13H,4,7-10H2. The van der Waals surface area contributed by atoms with Crippen LogP contribution in [0.15, 0.2) is 30.3 Å². The van der Waals surface area contributed by atoms with Crippen LogP contribution in [-0.2, 0) is 6.42 Å². The minimum Gasteiger partial charge on any atom is -0.316 e. The van der Waals surface area contributed by atoms with Crippen LogP contribution in [-0.4, -0.2) is 19.8 Å². The van der Waals surface area contributed by atoms with E-state index in [1.165, 1.54) is 5.56 Å². The van der Waals surface area contributed by atoms with Crippen molar-refractivity contribution in [1.29, 1.82) is 0 Å². The van der Waals surface area contributed by atoms with Crippen LogP contribution < -0.4 is 5.32 Å². The smallest absolute Gasteiger partial charge is 0.0906 e. The minimum absolute atomic E-state index is 0.224. The summed E-state index contributed by atoms with van der Waals surface area (Å²) in [6.07, 6.45) is 1.64. The molecule has 1 nitrogen and oxygen atoms in total. The maximum atomic E-state index is 11.7. The predicted molar refractivity (Wildman–Crippen MR) is 53.6 cm³/mol. The molecule has 72 valence electrons. The van der Waals surface area contributed by atoms with Gasteiger partial charge in [0.25, 0.3) is 0 Å². The zero-order valence-corrected chi connectivity index (χ0v) is 7.80. The summed E-state index contributed by atoms with van der Waals surface area (Å²) >= 11 is 0. The first kappa shape index (κ1) is 10.2. The van der Waals surface area contributed by atoms with Crippen molar-refractivity contribution in [3.05, 3.63) is 35.9 Å². The zero-order valence-electron chi connectivity index (χ0n) is 7.80. The molecule has 0 unspecified atom stereocenters. The lowest BCUT2D eigenvalue weighted by atomic mass is 10.1. The Morgan fingerprint density at radius 2 is 1.85 bits per heavy atom. The molecule has 0 aliphatic rings. The largest absolute Gasteiger partial charge is 0.316 e. The van der Waals surface area contributed by atoms with E-state index in [0.717, 1.165) is 19.5 Å². The first-order chi connectivity index (χ1) is 6.43. The second-order valence-electron chi connectivity index (χ2n) is 3.03. The molecular weight excluding hydrogens is 165 g/mol. The normalized spacial score (nSPS) is 10.2. The van der Waals surface area contributed by atoms with E-state index in [1.54, 1.807) is 0 Å². The van der Waals surface area contributed by atoms with Crippen molar-refractivity contribution in [3.8, 4) is 0 Å². The fourth-order valence-corrected chi connectivity index (χ4v) is 1.19. The number of hydrogen-bond donors (Lipinski definition) is 1. The lowest BCUT2D eigenvalue weighted by Crippen LogP contribution is -2.18. The van der Waals surface area contributed by atoms with Crippen molar-refractivity contribution in [2.75, 3.05) is 19.8 Å². The summed E-state index contributed by atoms with van der Waals surface area (Å²) < 4.78 is 11.7. The van der Waals surface area contributed by atoms with Crippen LogP contribution in [0.3, 0.4) is 0 Å². The van der Waals surface area contributed by atoms with Gasteiger partial charge in [0.1, 0.15) is 0 Å². The van der Waals surface area contributed by atoms with E-state index in [9.17, 15) is 4.39 Å². The monoisotopic (exact) mass is 181 g/mol. The summed E-state index contributed by atoms with van der Waals surface area (Å²) in [5, 5.41) is 3.19. The molecule has 1 N–H and O–H groups in total. The third-order valence-electron chi connectivity index (χ3n) is 1.92. The first-order valence-electron chi connectivity index (χ1n) is 4.74. The highest BCUT2D eigenvalue weighted by molar-refractivity contribution is 5.14. The molecular formula is C11H16FN. The quantitative estimate of drug-likeness (QED) is 0.663. The van der Waals surface area contributed by atoms with E-state index < -0.39 is 0 Å². The van der Waals surface area contributed by atoms with Gasteiger partial charge in [-0.05, 0) is 31.5 Å². The Morgan fingerprint density at radius 3 is 2.54 bits per heavy atom. The summed E-state index contributed by atoms with van der Waals surface area (Å²) in [6.45, 7) is 1.49. The van der Waals surface area contributed by atoms with E-state index in [1.807, 2.05) is 18.2 Å². The van der Waals surface area contributed by atoms with E-state index in [0.29, 0.717) is 6.42 Å². The molecule has 0 aromatic heterocycles. The van der Waals surface area contributed by atoms with E-state index in [2.05, 4.69) is 17.4 Å². The average molecular weight is 181 g/mol. The lowest BCUT2D eigenvalue weighted by Gasteiger charge is -2.02. The second-order valence-corrected chi connectivity index (χ2v) is 3.03. The van der Waals surface area contributed by atoms with Crippen molar-refractivity contribution < 1.29 is 4.39 Å². The molecule has 2 heteroatoms. The maximum Gasteiger partial charge on any atom is 0.0906 e. The molecule has 0 atom stereocenters. The SMILES string of the molecule is FCCCNCCc1ccccc1. The Kier molecular flexibility index (Phi) is 5.18. The number of rotatable bonds is 6. The van der Waals surface area contributed by atoms with Gasteiger partial charge >= 0.3 is 0 Å². The van der Waals surface area contributed by atoms with Crippen LogP contribution in [0.1, 0.15) is 12.0 Å². The molecule has 0 spiro atoms. The zero-order chi connectivity index (χ0) is 9.36. The lowest BCUT2D eigenvalue weighted by molar-refractivity contribution is 0.460. The van der Waals surface area contributed by atoms with Crippen LogP contribution in [0.4, 0.5) is 4.39 Å². The fraction of sp³-hybridized carbons (Fsp3) is 0.455. The fourth-order valence-electron chi connectivity index (χ4n) is 1.19. The van der Waals surface area contributed by atoms with Crippen molar-refractivity contribution in [1.82, 2.24) is 5.32 Å². The molecule has 0 heterocycles. The Morgan fingerprint density at radius 1 is 1.08 bits per heavy atom. The summed E-state index contributed by atoms with van der Waals surface area (Å²) in [7, 11) is 0. The second kappa shape index (κ2) is 6.61. The van der Waals surface area contributed by atoms with Gasteiger partial charge in [0.15, 0.2) is 0 Å². The highest BCUT2D eigenvalue weighted by atomic mass is 19.1. The summed E-state index contributed by atoms with van der Waals surface area (Å²) in [4.78, 5) is 0. The van der Waals surface area contributed by atoms with Gasteiger partial charge in [-0.1, -0.05) is 30.3 Å². The first-order valence-corrected chi connectivity index (χ1v) is 4.74. The van der Waals surface area contributed by atoms with E-state index >= 15 is 0 Å². The van der Waals surface area contributed by atoms with E-state index in [4.69, 9.17) is 0 Å². The third-order valence-corrected chi connectivity index (χ3v) is 1.92.